The molecule has 0 atom stereocenters. The number of hydrogen-bond donors (Lipinski definition) is 0. The molecule has 0 aromatic heterocycles. The van der Waals surface area contributed by atoms with Gasteiger partial charge in [-0.25, -0.2) is 0 Å². The van der Waals surface area contributed by atoms with Crippen LogP contribution in [0.15, 0.2) is 30.3 Å². The Kier molecular flexibility index (Phi) is 2.08. The Morgan fingerprint density at radius 1 is 1.06 bits per heavy atom. The van der Waals surface area contributed by atoms with Crippen LogP contribution in [0.1, 0.15) is 22.3 Å². The van der Waals surface area contributed by atoms with E-state index < -0.39 is 0 Å². The zero-order valence-electron chi connectivity index (χ0n) is 9.47. The SMILES string of the molecule is Cc1cc2c(c(Cl)c1C)Cc1ccccc1-2. The fourth-order valence-corrected chi connectivity index (χ4v) is 2.79. The molecule has 0 spiro atoms. The molecule has 0 heterocycles. The molecule has 3 rings (SSSR count). The van der Waals surface area contributed by atoms with Gasteiger partial charge in [0.05, 0.1) is 0 Å². The summed E-state index contributed by atoms with van der Waals surface area (Å²) in [4.78, 5) is 0. The summed E-state index contributed by atoms with van der Waals surface area (Å²) in [7, 11) is 0. The molecule has 0 saturated carbocycles. The molecule has 2 aromatic carbocycles. The number of benzene rings is 2. The lowest BCUT2D eigenvalue weighted by molar-refractivity contribution is 1.23. The van der Waals surface area contributed by atoms with Gasteiger partial charge in [-0.15, -0.1) is 0 Å². The molecule has 80 valence electrons. The first kappa shape index (κ1) is 9.92. The molecule has 1 aliphatic rings. The molecule has 0 radical (unpaired) electrons. The van der Waals surface area contributed by atoms with Gasteiger partial charge in [0, 0.05) is 11.4 Å². The predicted molar refractivity (Wildman–Crippen MR) is 69.2 cm³/mol. The van der Waals surface area contributed by atoms with Gasteiger partial charge in [0.1, 0.15) is 0 Å². The van der Waals surface area contributed by atoms with E-state index in [4.69, 9.17) is 11.6 Å². The summed E-state index contributed by atoms with van der Waals surface area (Å²) in [5.74, 6) is 0. The summed E-state index contributed by atoms with van der Waals surface area (Å²) in [6.07, 6.45) is 0.978. The van der Waals surface area contributed by atoms with Gasteiger partial charge in [0.2, 0.25) is 0 Å². The first-order valence-corrected chi connectivity index (χ1v) is 5.93. The molecule has 16 heavy (non-hydrogen) atoms. The molecule has 0 nitrogen and oxygen atoms in total. The van der Waals surface area contributed by atoms with Crippen molar-refractivity contribution in [3.63, 3.8) is 0 Å². The van der Waals surface area contributed by atoms with Crippen molar-refractivity contribution in [2.24, 2.45) is 0 Å². The highest BCUT2D eigenvalue weighted by Gasteiger charge is 2.21. The highest BCUT2D eigenvalue weighted by atomic mass is 35.5. The van der Waals surface area contributed by atoms with Crippen molar-refractivity contribution >= 4 is 11.6 Å². The molecular formula is C15H13Cl. The van der Waals surface area contributed by atoms with Crippen LogP contribution < -0.4 is 0 Å². The molecule has 0 N–H and O–H groups in total. The second kappa shape index (κ2) is 3.36. The van der Waals surface area contributed by atoms with Crippen LogP contribution in [0.3, 0.4) is 0 Å². The van der Waals surface area contributed by atoms with E-state index in [9.17, 15) is 0 Å². The fraction of sp³-hybridized carbons (Fsp3) is 0.200. The molecule has 0 amide bonds. The number of aryl methyl sites for hydroxylation is 1. The highest BCUT2D eigenvalue weighted by Crippen LogP contribution is 2.42. The summed E-state index contributed by atoms with van der Waals surface area (Å²) >= 11 is 6.43. The third-order valence-electron chi connectivity index (χ3n) is 3.55. The van der Waals surface area contributed by atoms with Crippen LogP contribution in [0.5, 0.6) is 0 Å². The minimum absolute atomic E-state index is 0.950. The number of fused-ring (bicyclic) bond motifs is 3. The first-order chi connectivity index (χ1) is 7.68. The van der Waals surface area contributed by atoms with Gasteiger partial charge in [-0.2, -0.15) is 0 Å². The van der Waals surface area contributed by atoms with Crippen LogP contribution >= 0.6 is 11.6 Å². The van der Waals surface area contributed by atoms with Crippen LogP contribution in [-0.4, -0.2) is 0 Å². The molecular weight excluding hydrogens is 216 g/mol. The van der Waals surface area contributed by atoms with Gasteiger partial charge >= 0.3 is 0 Å². The Morgan fingerprint density at radius 2 is 1.81 bits per heavy atom. The molecule has 0 unspecified atom stereocenters. The zero-order valence-corrected chi connectivity index (χ0v) is 10.2. The van der Waals surface area contributed by atoms with Gasteiger partial charge < -0.3 is 0 Å². The molecule has 0 saturated heterocycles. The van der Waals surface area contributed by atoms with Gasteiger partial charge in [-0.3, -0.25) is 0 Å². The van der Waals surface area contributed by atoms with E-state index in [1.165, 1.54) is 33.4 Å². The lowest BCUT2D eigenvalue weighted by Gasteiger charge is -2.09. The Morgan fingerprint density at radius 3 is 2.62 bits per heavy atom. The quantitative estimate of drug-likeness (QED) is 0.530. The first-order valence-electron chi connectivity index (χ1n) is 5.55. The molecule has 1 heteroatoms. The van der Waals surface area contributed by atoms with Crippen LogP contribution in [0.2, 0.25) is 5.02 Å². The predicted octanol–water partition coefficient (Wildman–Crippen LogP) is 4.53. The van der Waals surface area contributed by atoms with Crippen molar-refractivity contribution < 1.29 is 0 Å². The summed E-state index contributed by atoms with van der Waals surface area (Å²) in [6, 6.07) is 10.8. The maximum absolute atomic E-state index is 6.43. The number of rotatable bonds is 0. The number of halogens is 1. The third-order valence-corrected chi connectivity index (χ3v) is 4.06. The maximum atomic E-state index is 6.43. The largest absolute Gasteiger partial charge is 0.0837 e. The molecule has 0 fully saturated rings. The van der Waals surface area contributed by atoms with Crippen LogP contribution in [0.4, 0.5) is 0 Å². The van der Waals surface area contributed by atoms with Crippen molar-refractivity contribution in [3.05, 3.63) is 57.6 Å². The van der Waals surface area contributed by atoms with E-state index in [1.807, 2.05) is 0 Å². The zero-order chi connectivity index (χ0) is 11.3. The van der Waals surface area contributed by atoms with Crippen molar-refractivity contribution in [1.29, 1.82) is 0 Å². The van der Waals surface area contributed by atoms with Gasteiger partial charge in [-0.05, 0) is 47.2 Å². The fourth-order valence-electron chi connectivity index (χ4n) is 2.47. The highest BCUT2D eigenvalue weighted by molar-refractivity contribution is 6.32. The third kappa shape index (κ3) is 1.23. The minimum Gasteiger partial charge on any atom is -0.0837 e. The van der Waals surface area contributed by atoms with E-state index in [2.05, 4.69) is 44.2 Å². The van der Waals surface area contributed by atoms with E-state index in [0.717, 1.165) is 11.4 Å². The molecule has 0 bridgehead atoms. The Balaban J connectivity index is 2.34. The molecule has 0 aliphatic heterocycles. The Bertz CT molecular complexity index is 582. The van der Waals surface area contributed by atoms with Gasteiger partial charge in [0.15, 0.2) is 0 Å². The van der Waals surface area contributed by atoms with Crippen molar-refractivity contribution in [2.45, 2.75) is 20.3 Å². The van der Waals surface area contributed by atoms with Crippen LogP contribution in [0.25, 0.3) is 11.1 Å². The Labute approximate surface area is 101 Å². The van der Waals surface area contributed by atoms with E-state index in [0.29, 0.717) is 0 Å². The summed E-state index contributed by atoms with van der Waals surface area (Å²) in [6.45, 7) is 4.23. The van der Waals surface area contributed by atoms with Crippen molar-refractivity contribution in [1.82, 2.24) is 0 Å². The molecule has 2 aromatic rings. The van der Waals surface area contributed by atoms with Gasteiger partial charge in [0.25, 0.3) is 0 Å². The van der Waals surface area contributed by atoms with E-state index >= 15 is 0 Å². The molecule has 1 aliphatic carbocycles. The van der Waals surface area contributed by atoms with Crippen molar-refractivity contribution in [2.75, 3.05) is 0 Å². The second-order valence-corrected chi connectivity index (χ2v) is 4.87. The monoisotopic (exact) mass is 228 g/mol. The summed E-state index contributed by atoms with van der Waals surface area (Å²) < 4.78 is 0. The van der Waals surface area contributed by atoms with Gasteiger partial charge in [-0.1, -0.05) is 41.9 Å². The topological polar surface area (TPSA) is 0 Å². The van der Waals surface area contributed by atoms with Crippen molar-refractivity contribution in [3.8, 4) is 11.1 Å². The van der Waals surface area contributed by atoms with E-state index in [1.54, 1.807) is 0 Å². The summed E-state index contributed by atoms with van der Waals surface area (Å²) in [5, 5.41) is 0.950. The minimum atomic E-state index is 0.950. The number of hydrogen-bond acceptors (Lipinski definition) is 0. The van der Waals surface area contributed by atoms with Crippen LogP contribution in [0, 0.1) is 13.8 Å². The average Bonchev–Trinajstić information content (AvgIpc) is 2.65. The summed E-state index contributed by atoms with van der Waals surface area (Å²) in [5.41, 5.74) is 7.86. The maximum Gasteiger partial charge on any atom is 0.0479 e. The second-order valence-electron chi connectivity index (χ2n) is 4.49. The Hall–Kier alpha value is -1.27. The lowest BCUT2D eigenvalue weighted by Crippen LogP contribution is -1.89. The standard InChI is InChI=1S/C15H13Cl/c1-9-7-13-12-6-4-3-5-11(12)8-14(13)15(16)10(9)2/h3-7H,8H2,1-2H3. The van der Waals surface area contributed by atoms with Crippen LogP contribution in [-0.2, 0) is 6.42 Å². The smallest absolute Gasteiger partial charge is 0.0479 e. The normalized spacial score (nSPS) is 12.4. The average molecular weight is 229 g/mol. The lowest BCUT2D eigenvalue weighted by atomic mass is 9.99. The van der Waals surface area contributed by atoms with E-state index in [-0.39, 0.29) is 0 Å².